The molecule has 2 aliphatic carbocycles. The Labute approximate surface area is 386 Å². The third kappa shape index (κ3) is 14.2. The number of unbranched alkanes of at least 4 members (excludes halogenated alkanes) is 10. The van der Waals surface area contributed by atoms with Crippen LogP contribution in [-0.4, -0.2) is 44.3 Å². The van der Waals surface area contributed by atoms with Gasteiger partial charge in [-0.25, -0.2) is 0 Å². The molecule has 2 aromatic carbocycles. The van der Waals surface area contributed by atoms with E-state index < -0.39 is 45.5 Å². The Hall–Kier alpha value is -3.68. The van der Waals surface area contributed by atoms with Crippen molar-refractivity contribution in [1.82, 2.24) is 0 Å². The van der Waals surface area contributed by atoms with Crippen LogP contribution in [-0.2, 0) is 51.3 Å². The van der Waals surface area contributed by atoms with Crippen LogP contribution in [0.4, 0.5) is 0 Å². The molecule has 2 fully saturated rings. The average Bonchev–Trinajstić information content (AvgIpc) is 4.15. The summed E-state index contributed by atoms with van der Waals surface area (Å²) in [4.78, 5) is 48.0. The first-order chi connectivity index (χ1) is 30.1. The molecule has 0 bridgehead atoms. The van der Waals surface area contributed by atoms with E-state index in [0.717, 1.165) is 148 Å². The summed E-state index contributed by atoms with van der Waals surface area (Å²) in [7, 11) is 0. The van der Waals surface area contributed by atoms with Crippen LogP contribution >= 0.6 is 0 Å². The van der Waals surface area contributed by atoms with Gasteiger partial charge in [0.15, 0.2) is 0 Å². The van der Waals surface area contributed by atoms with Crippen molar-refractivity contribution in [3.05, 3.63) is 67.8 Å². The van der Waals surface area contributed by atoms with Gasteiger partial charge < -0.3 is 20.4 Å². The molecule has 4 N–H and O–H groups in total. The van der Waals surface area contributed by atoms with E-state index in [4.69, 9.17) is 0 Å². The fraction of sp³-hybridized carbons (Fsp3) is 0.714. The fourth-order valence-corrected chi connectivity index (χ4v) is 10.7. The lowest BCUT2D eigenvalue weighted by molar-refractivity contribution is -0.148. The lowest BCUT2D eigenvalue weighted by atomic mass is 9.83. The number of benzene rings is 2. The Morgan fingerprint density at radius 1 is 0.516 bits per heavy atom. The first-order valence-corrected chi connectivity index (χ1v) is 25.2. The second-order valence-corrected chi connectivity index (χ2v) is 22.0. The van der Waals surface area contributed by atoms with E-state index >= 15 is 0 Å². The summed E-state index contributed by atoms with van der Waals surface area (Å²) >= 11 is 0. The van der Waals surface area contributed by atoms with Gasteiger partial charge >= 0.3 is 23.9 Å². The zero-order chi connectivity index (χ0) is 47.5. The number of carboxylic acids is 4. The van der Waals surface area contributed by atoms with E-state index in [-0.39, 0.29) is 5.92 Å². The van der Waals surface area contributed by atoms with Gasteiger partial charge in [0, 0.05) is 0 Å². The van der Waals surface area contributed by atoms with E-state index in [1.165, 1.54) is 55.6 Å². The molecule has 8 nitrogen and oxygen atoms in total. The molecule has 358 valence electrons. The highest BCUT2D eigenvalue weighted by molar-refractivity contribution is 5.79. The minimum atomic E-state index is -0.748. The molecular formula is C56H86O8. The van der Waals surface area contributed by atoms with Crippen LogP contribution in [0, 0.1) is 62.2 Å². The second-order valence-electron chi connectivity index (χ2n) is 22.0. The van der Waals surface area contributed by atoms with Crippen molar-refractivity contribution in [3.8, 4) is 0 Å². The molecule has 2 aliphatic rings. The maximum absolute atomic E-state index is 13.1. The molecule has 0 amide bonds. The number of carboxylic acid groups (broad SMARTS) is 4. The van der Waals surface area contributed by atoms with Crippen LogP contribution in [0.1, 0.15) is 218 Å². The van der Waals surface area contributed by atoms with Crippen LogP contribution in [0.15, 0.2) is 12.1 Å². The fourth-order valence-electron chi connectivity index (χ4n) is 10.7. The van der Waals surface area contributed by atoms with Gasteiger partial charge in [0.1, 0.15) is 0 Å². The molecule has 0 heterocycles. The predicted molar refractivity (Wildman–Crippen MR) is 259 cm³/mol. The number of hydrogen-bond acceptors (Lipinski definition) is 4. The highest BCUT2D eigenvalue weighted by Gasteiger charge is 2.59. The second kappa shape index (κ2) is 23.2. The molecule has 2 atom stereocenters. The van der Waals surface area contributed by atoms with E-state index in [1.54, 1.807) is 13.8 Å². The third-order valence-corrected chi connectivity index (χ3v) is 16.2. The Morgan fingerprint density at radius 2 is 0.938 bits per heavy atom. The Balaban J connectivity index is 1.37. The van der Waals surface area contributed by atoms with Crippen molar-refractivity contribution in [2.45, 2.75) is 229 Å². The van der Waals surface area contributed by atoms with Gasteiger partial charge in [-0.15, -0.1) is 0 Å². The van der Waals surface area contributed by atoms with Crippen LogP contribution in [0.3, 0.4) is 0 Å². The van der Waals surface area contributed by atoms with Gasteiger partial charge in [-0.2, -0.15) is 0 Å². The van der Waals surface area contributed by atoms with Gasteiger partial charge in [-0.3, -0.25) is 19.2 Å². The molecule has 0 aromatic heterocycles. The lowest BCUT2D eigenvalue weighted by Crippen LogP contribution is -2.23. The number of rotatable bonds is 32. The van der Waals surface area contributed by atoms with E-state index in [9.17, 15) is 39.6 Å². The zero-order valence-corrected chi connectivity index (χ0v) is 41.5. The number of aryl methyl sites for hydroxylation is 3. The maximum atomic E-state index is 13.1. The van der Waals surface area contributed by atoms with Crippen LogP contribution in [0.25, 0.3) is 0 Å². The van der Waals surface area contributed by atoms with E-state index in [1.807, 2.05) is 13.8 Å². The molecule has 0 saturated heterocycles. The van der Waals surface area contributed by atoms with Crippen molar-refractivity contribution in [3.63, 3.8) is 0 Å². The first-order valence-electron chi connectivity index (χ1n) is 25.2. The Morgan fingerprint density at radius 3 is 1.41 bits per heavy atom. The van der Waals surface area contributed by atoms with Crippen molar-refractivity contribution in [2.75, 3.05) is 0 Å². The first kappa shape index (κ1) is 52.9. The lowest BCUT2D eigenvalue weighted by Gasteiger charge is -2.22. The van der Waals surface area contributed by atoms with Crippen molar-refractivity contribution in [2.24, 2.45) is 27.6 Å². The Kier molecular flexibility index (Phi) is 19.2. The monoisotopic (exact) mass is 887 g/mol. The molecule has 2 saturated carbocycles. The average molecular weight is 887 g/mol. The molecule has 8 heteroatoms. The summed E-state index contributed by atoms with van der Waals surface area (Å²) < 4.78 is 0. The minimum absolute atomic E-state index is 0.117. The van der Waals surface area contributed by atoms with Crippen molar-refractivity contribution < 1.29 is 39.6 Å². The van der Waals surface area contributed by atoms with Crippen LogP contribution < -0.4 is 0 Å². The molecule has 2 unspecified atom stereocenters. The molecule has 2 aromatic rings. The van der Waals surface area contributed by atoms with Gasteiger partial charge in [-0.05, 0) is 227 Å². The molecule has 0 aliphatic heterocycles. The van der Waals surface area contributed by atoms with Crippen LogP contribution in [0.5, 0.6) is 0 Å². The summed E-state index contributed by atoms with van der Waals surface area (Å²) in [6.07, 6.45) is 23.8. The van der Waals surface area contributed by atoms with Gasteiger partial charge in [-0.1, -0.05) is 76.3 Å². The van der Waals surface area contributed by atoms with Crippen molar-refractivity contribution in [1.29, 1.82) is 0 Å². The molecule has 0 radical (unpaired) electrons. The predicted octanol–water partition coefficient (Wildman–Crippen LogP) is 13.8. The molecule has 0 spiro atoms. The van der Waals surface area contributed by atoms with Gasteiger partial charge in [0.2, 0.25) is 0 Å². The van der Waals surface area contributed by atoms with Crippen molar-refractivity contribution >= 4 is 23.9 Å². The zero-order valence-electron chi connectivity index (χ0n) is 41.5. The third-order valence-electron chi connectivity index (χ3n) is 16.2. The molecule has 64 heavy (non-hydrogen) atoms. The largest absolute Gasteiger partial charge is 0.481 e. The normalized spacial score (nSPS) is 18.0. The topological polar surface area (TPSA) is 149 Å². The SMILES string of the molecule is Cc1cc(C)c(CCCCCC2(C(=O)O)CC2Cc2cc(C)c(C)c(CCCCCC3(C(=O)O)CC3)c2CCCCCCC(C)(C)C(=O)O)c(CCCCCCC(C)(C)C(=O)O)c1C. The quantitative estimate of drug-likeness (QED) is 0.0531. The van der Waals surface area contributed by atoms with Gasteiger partial charge in [0.05, 0.1) is 21.7 Å². The summed E-state index contributed by atoms with van der Waals surface area (Å²) in [5.74, 6) is -2.65. The van der Waals surface area contributed by atoms with E-state index in [0.29, 0.717) is 19.3 Å². The standard InChI is InChI=1S/C56H86O8/c1-38-34-40(3)45(46(41(38)4)25-16-10-12-20-28-53(6,7)49(57)58)24-18-15-23-31-56(52(63)64)37-44(56)36-43-35-39(2)42(5)47(26-19-14-22-30-55(32-33-55)51(61)62)48(43)27-17-11-13-21-29-54(8,9)50(59)60/h34-35,44H,10-33,36-37H2,1-9H3,(H,57,58)(H,59,60)(H,61,62)(H,63,64). The number of hydrogen-bond donors (Lipinski definition) is 4. The highest BCUT2D eigenvalue weighted by atomic mass is 16.4. The van der Waals surface area contributed by atoms with Crippen LogP contribution in [0.2, 0.25) is 0 Å². The highest BCUT2D eigenvalue weighted by Crippen LogP contribution is 2.58. The summed E-state index contributed by atoms with van der Waals surface area (Å²) in [5.41, 5.74) is 11.2. The van der Waals surface area contributed by atoms with Gasteiger partial charge in [0.25, 0.3) is 0 Å². The molecular weight excluding hydrogens is 801 g/mol. The number of carbonyl (C=O) groups is 4. The number of aliphatic carboxylic acids is 4. The smallest absolute Gasteiger partial charge is 0.309 e. The molecule has 4 rings (SSSR count). The Bertz CT molecular complexity index is 1930. The summed E-state index contributed by atoms with van der Waals surface area (Å²) in [5, 5.41) is 39.4. The minimum Gasteiger partial charge on any atom is -0.481 e. The summed E-state index contributed by atoms with van der Waals surface area (Å²) in [6, 6.07) is 4.65. The van der Waals surface area contributed by atoms with E-state index in [2.05, 4.69) is 46.8 Å². The maximum Gasteiger partial charge on any atom is 0.309 e. The summed E-state index contributed by atoms with van der Waals surface area (Å²) in [6.45, 7) is 18.3.